The van der Waals surface area contributed by atoms with E-state index in [0.29, 0.717) is 5.92 Å². The zero-order chi connectivity index (χ0) is 25.7. The summed E-state index contributed by atoms with van der Waals surface area (Å²) >= 11 is 1.74. The Balaban J connectivity index is 0.000000383. The van der Waals surface area contributed by atoms with Crippen molar-refractivity contribution in [2.24, 2.45) is 10.8 Å². The molecule has 3 rings (SSSR count). The maximum atomic E-state index is 11.5. The van der Waals surface area contributed by atoms with Crippen LogP contribution < -0.4 is 0 Å². The van der Waals surface area contributed by atoms with Gasteiger partial charge in [0.15, 0.2) is 5.78 Å². The van der Waals surface area contributed by atoms with E-state index in [4.69, 9.17) is 0 Å². The van der Waals surface area contributed by atoms with E-state index in [2.05, 4.69) is 61.5 Å². The van der Waals surface area contributed by atoms with Crippen LogP contribution in [0.25, 0.3) is 21.3 Å². The van der Waals surface area contributed by atoms with E-state index in [1.165, 1.54) is 40.1 Å². The minimum absolute atomic E-state index is 0. The first-order chi connectivity index (χ1) is 15.8. The van der Waals surface area contributed by atoms with E-state index in [0.717, 1.165) is 11.3 Å². The molecular weight excluding hydrogens is 631 g/mol. The van der Waals surface area contributed by atoms with Crippen molar-refractivity contribution in [2.75, 3.05) is 0 Å². The van der Waals surface area contributed by atoms with Crippen molar-refractivity contribution in [2.45, 2.75) is 81.1 Å². The third-order valence-corrected chi connectivity index (χ3v) is 6.74. The summed E-state index contributed by atoms with van der Waals surface area (Å²) in [4.78, 5) is 16.1. The number of carbonyl (C=O) groups is 1. The van der Waals surface area contributed by atoms with Crippen LogP contribution in [0.15, 0.2) is 47.7 Å². The van der Waals surface area contributed by atoms with Gasteiger partial charge in [-0.3, -0.25) is 4.79 Å². The zero-order valence-electron chi connectivity index (χ0n) is 22.6. The maximum Gasteiger partial charge on any atom is 0.164 e. The number of pyridine rings is 1. The molecule has 0 spiro atoms. The molecule has 0 aliphatic rings. The Morgan fingerprint density at radius 1 is 1.09 bits per heavy atom. The Morgan fingerprint density at radius 2 is 1.71 bits per heavy atom. The second-order valence-corrected chi connectivity index (χ2v) is 11.9. The van der Waals surface area contributed by atoms with E-state index in [9.17, 15) is 9.90 Å². The van der Waals surface area contributed by atoms with Gasteiger partial charge in [-0.25, -0.2) is 0 Å². The molecule has 3 nitrogen and oxygen atoms in total. The van der Waals surface area contributed by atoms with E-state index in [-0.39, 0.29) is 37.1 Å². The van der Waals surface area contributed by atoms with Gasteiger partial charge >= 0.3 is 0 Å². The predicted molar refractivity (Wildman–Crippen MR) is 147 cm³/mol. The number of aromatic nitrogens is 1. The van der Waals surface area contributed by atoms with Crippen molar-refractivity contribution in [1.82, 2.24) is 4.98 Å². The molecule has 1 aromatic carbocycles. The molecule has 0 atom stereocenters. The first-order valence-electron chi connectivity index (χ1n) is 12.1. The first-order valence-corrected chi connectivity index (χ1v) is 13.0. The monoisotopic (exact) mass is 671 g/mol. The topological polar surface area (TPSA) is 50.2 Å². The van der Waals surface area contributed by atoms with Gasteiger partial charge < -0.3 is 10.1 Å². The maximum absolute atomic E-state index is 11.5. The number of carbonyl (C=O) groups excluding carboxylic acids is 1. The summed E-state index contributed by atoms with van der Waals surface area (Å²) in [6.45, 7) is 17.8. The Labute approximate surface area is 229 Å². The second-order valence-electron chi connectivity index (χ2n) is 10.9. The van der Waals surface area contributed by atoms with Crippen molar-refractivity contribution in [3.05, 3.63) is 64.9 Å². The molecule has 0 aliphatic carbocycles. The molecule has 2 aromatic heterocycles. The van der Waals surface area contributed by atoms with Crippen LogP contribution in [-0.2, 0) is 24.9 Å². The zero-order valence-corrected chi connectivity index (χ0v) is 25.8. The molecule has 35 heavy (non-hydrogen) atoms. The summed E-state index contributed by atoms with van der Waals surface area (Å²) in [6, 6.07) is 12.3. The summed E-state index contributed by atoms with van der Waals surface area (Å²) in [5, 5.41) is 12.9. The molecule has 193 valence electrons. The molecule has 5 heteroatoms. The van der Waals surface area contributed by atoms with Crippen LogP contribution >= 0.6 is 11.3 Å². The number of allylic oxidation sites excluding steroid dienone is 2. The van der Waals surface area contributed by atoms with Gasteiger partial charge in [0.05, 0.1) is 4.70 Å². The van der Waals surface area contributed by atoms with Crippen LogP contribution in [0.1, 0.15) is 85.3 Å². The fourth-order valence-corrected chi connectivity index (χ4v) is 4.19. The Bertz CT molecular complexity index is 1150. The van der Waals surface area contributed by atoms with Crippen molar-refractivity contribution in [3.8, 4) is 11.3 Å². The number of ketones is 1. The SMILES string of the molecule is CC(C)(C)C(=O)/C=C(\O)C(C)(C)C.CCC(CC)c1cc(C)[c-]c(-c2cc3ccsc3cn2)c1.[Ir]. The van der Waals surface area contributed by atoms with Crippen LogP contribution in [0, 0.1) is 23.8 Å². The van der Waals surface area contributed by atoms with Crippen molar-refractivity contribution in [1.29, 1.82) is 0 Å². The number of nitrogens with zero attached hydrogens (tertiary/aromatic N) is 1. The van der Waals surface area contributed by atoms with E-state index in [1.807, 2.05) is 47.7 Å². The molecule has 3 aromatic rings. The van der Waals surface area contributed by atoms with Crippen LogP contribution in [0.4, 0.5) is 0 Å². The number of aryl methyl sites for hydroxylation is 1. The van der Waals surface area contributed by atoms with Crippen molar-refractivity contribution < 1.29 is 30.0 Å². The molecule has 0 unspecified atom stereocenters. The minimum Gasteiger partial charge on any atom is -0.512 e. The third kappa shape index (κ3) is 8.97. The molecule has 0 fully saturated rings. The molecule has 1 radical (unpaired) electrons. The Kier molecular flexibility index (Phi) is 11.5. The van der Waals surface area contributed by atoms with E-state index in [1.54, 1.807) is 11.3 Å². The first kappa shape index (κ1) is 31.2. The smallest absolute Gasteiger partial charge is 0.164 e. The fraction of sp³-hybridized carbons (Fsp3) is 0.467. The van der Waals surface area contributed by atoms with Crippen molar-refractivity contribution in [3.63, 3.8) is 0 Å². The predicted octanol–water partition coefficient (Wildman–Crippen LogP) is 9.06. The normalized spacial score (nSPS) is 12.2. The van der Waals surface area contributed by atoms with Gasteiger partial charge in [0.1, 0.15) is 5.76 Å². The van der Waals surface area contributed by atoms with E-state index >= 15 is 0 Å². The van der Waals surface area contributed by atoms with Gasteiger partial charge in [0.2, 0.25) is 0 Å². The number of benzene rings is 1. The van der Waals surface area contributed by atoms with Gasteiger partial charge in [-0.15, -0.1) is 46.2 Å². The Hall–Kier alpha value is -1.81. The van der Waals surface area contributed by atoms with Crippen LogP contribution in [0.5, 0.6) is 0 Å². The van der Waals surface area contributed by atoms with Gasteiger partial charge in [-0.05, 0) is 28.4 Å². The summed E-state index contributed by atoms with van der Waals surface area (Å²) in [6.07, 6.45) is 5.66. The van der Waals surface area contributed by atoms with E-state index < -0.39 is 5.41 Å². The fourth-order valence-electron chi connectivity index (χ4n) is 3.45. The molecule has 0 bridgehead atoms. The molecular formula is C30H40IrNO2S-. The average Bonchev–Trinajstić information content (AvgIpc) is 3.21. The second kappa shape index (κ2) is 12.9. The average molecular weight is 671 g/mol. The summed E-state index contributed by atoms with van der Waals surface area (Å²) < 4.78 is 1.24. The van der Waals surface area contributed by atoms with Crippen LogP contribution in [0.3, 0.4) is 0 Å². The molecule has 2 heterocycles. The molecule has 0 amide bonds. The largest absolute Gasteiger partial charge is 0.512 e. The van der Waals surface area contributed by atoms with Gasteiger partial charge in [-0.2, -0.15) is 0 Å². The van der Waals surface area contributed by atoms with Gasteiger partial charge in [-0.1, -0.05) is 81.2 Å². The molecule has 0 aliphatic heterocycles. The number of thiophene rings is 1. The minimum atomic E-state index is -0.417. The molecule has 1 N–H and O–H groups in total. The molecule has 0 saturated carbocycles. The van der Waals surface area contributed by atoms with Gasteiger partial charge in [0.25, 0.3) is 0 Å². The van der Waals surface area contributed by atoms with Gasteiger partial charge in [0, 0.05) is 43.2 Å². The summed E-state index contributed by atoms with van der Waals surface area (Å²) in [7, 11) is 0. The summed E-state index contributed by atoms with van der Waals surface area (Å²) in [5.74, 6) is 0.731. The van der Waals surface area contributed by atoms with Crippen LogP contribution in [-0.4, -0.2) is 15.9 Å². The third-order valence-electron chi connectivity index (χ3n) is 5.87. The number of rotatable bonds is 5. The quantitative estimate of drug-likeness (QED) is 0.167. The summed E-state index contributed by atoms with van der Waals surface area (Å²) in [5.41, 5.74) is 3.99. The number of hydrogen-bond donors (Lipinski definition) is 1. The number of aliphatic hydroxyl groups excluding tert-OH is 1. The van der Waals surface area contributed by atoms with Crippen LogP contribution in [0.2, 0.25) is 0 Å². The molecule has 0 saturated heterocycles. The number of hydrogen-bond acceptors (Lipinski definition) is 4. The Morgan fingerprint density at radius 3 is 2.26 bits per heavy atom. The standard InChI is InChI=1S/C19H20NS.C11H20O2.Ir/c1-4-14(5-2)16-8-13(3)9-17(10-16)18-11-15-6-7-21-19(15)12-20-18;1-10(2,3)8(12)7-9(13)11(4,5)6;/h6-8,10-12,14H,4-5H2,1-3H3;7,12H,1-6H3;/q-1;;/b;8-7-;. The number of fused-ring (bicyclic) bond motifs is 1. The number of aliphatic hydroxyl groups is 1. The van der Waals surface area contributed by atoms with Crippen molar-refractivity contribution >= 4 is 27.2 Å².